The van der Waals surface area contributed by atoms with Crippen LogP contribution in [-0.2, 0) is 4.79 Å². The fraction of sp³-hybridized carbons (Fsp3) is 0.941. The second kappa shape index (κ2) is 7.44. The van der Waals surface area contributed by atoms with Crippen molar-refractivity contribution in [3.8, 4) is 0 Å². The lowest BCUT2D eigenvalue weighted by Crippen LogP contribution is -2.37. The summed E-state index contributed by atoms with van der Waals surface area (Å²) >= 11 is 0. The van der Waals surface area contributed by atoms with Crippen LogP contribution in [0.3, 0.4) is 0 Å². The Balaban J connectivity index is 1.70. The lowest BCUT2D eigenvalue weighted by Gasteiger charge is -2.31. The van der Waals surface area contributed by atoms with E-state index in [0.717, 1.165) is 37.9 Å². The van der Waals surface area contributed by atoms with Gasteiger partial charge in [0.1, 0.15) is 0 Å². The van der Waals surface area contributed by atoms with Gasteiger partial charge in [0.15, 0.2) is 0 Å². The highest BCUT2D eigenvalue weighted by Crippen LogP contribution is 2.42. The van der Waals surface area contributed by atoms with Crippen molar-refractivity contribution in [1.29, 1.82) is 0 Å². The molecule has 1 aliphatic carbocycles. The van der Waals surface area contributed by atoms with Crippen molar-refractivity contribution >= 4 is 5.91 Å². The Hall–Kier alpha value is -0.570. The highest BCUT2D eigenvalue weighted by molar-refractivity contribution is 5.75. The van der Waals surface area contributed by atoms with Crippen LogP contribution in [0.15, 0.2) is 0 Å². The lowest BCUT2D eigenvalue weighted by molar-refractivity contribution is -0.122. The van der Waals surface area contributed by atoms with Gasteiger partial charge in [-0.25, -0.2) is 0 Å². The van der Waals surface area contributed by atoms with Crippen LogP contribution in [0, 0.1) is 17.3 Å². The molecule has 0 aromatic rings. The molecule has 1 aliphatic heterocycles. The third-order valence-corrected chi connectivity index (χ3v) is 5.11. The highest BCUT2D eigenvalue weighted by atomic mass is 16.1. The van der Waals surface area contributed by atoms with Crippen molar-refractivity contribution < 1.29 is 4.79 Å². The Morgan fingerprint density at radius 2 is 2.10 bits per heavy atom. The van der Waals surface area contributed by atoms with Crippen molar-refractivity contribution in [1.82, 2.24) is 10.6 Å². The molecule has 1 amide bonds. The predicted octanol–water partition coefficient (Wildman–Crippen LogP) is 3.10. The average Bonchev–Trinajstić information content (AvgIpc) is 3.05. The van der Waals surface area contributed by atoms with Crippen molar-refractivity contribution in [2.45, 2.75) is 65.2 Å². The Bertz CT molecular complexity index is 302. The van der Waals surface area contributed by atoms with Crippen molar-refractivity contribution in [3.05, 3.63) is 0 Å². The summed E-state index contributed by atoms with van der Waals surface area (Å²) in [6.45, 7) is 7.74. The molecule has 0 aromatic carbocycles. The van der Waals surface area contributed by atoms with Crippen LogP contribution >= 0.6 is 0 Å². The molecule has 20 heavy (non-hydrogen) atoms. The average molecular weight is 280 g/mol. The first kappa shape index (κ1) is 15.8. The highest BCUT2D eigenvalue weighted by Gasteiger charge is 2.34. The minimum Gasteiger partial charge on any atom is -0.356 e. The molecule has 0 radical (unpaired) electrons. The number of carbonyl (C=O) groups excluding carboxylic acids is 1. The maximum Gasteiger partial charge on any atom is 0.220 e. The number of hydrogen-bond donors (Lipinski definition) is 2. The second-order valence-corrected chi connectivity index (χ2v) is 7.48. The van der Waals surface area contributed by atoms with Gasteiger partial charge >= 0.3 is 0 Å². The molecule has 1 atom stereocenters. The maximum atomic E-state index is 12.1. The fourth-order valence-corrected chi connectivity index (χ4v) is 4.11. The predicted molar refractivity (Wildman–Crippen MR) is 83.6 cm³/mol. The summed E-state index contributed by atoms with van der Waals surface area (Å²) in [6, 6.07) is 0. The largest absolute Gasteiger partial charge is 0.356 e. The van der Waals surface area contributed by atoms with E-state index in [4.69, 9.17) is 0 Å². The lowest BCUT2D eigenvalue weighted by atomic mass is 9.78. The molecule has 2 rings (SSSR count). The van der Waals surface area contributed by atoms with Gasteiger partial charge in [-0.3, -0.25) is 4.79 Å². The van der Waals surface area contributed by atoms with Gasteiger partial charge < -0.3 is 10.6 Å². The Morgan fingerprint density at radius 1 is 1.35 bits per heavy atom. The molecular weight excluding hydrogens is 248 g/mol. The number of nitrogens with one attached hydrogen (secondary N) is 2. The van der Waals surface area contributed by atoms with Crippen LogP contribution in [-0.4, -0.2) is 25.5 Å². The molecule has 116 valence electrons. The molecule has 2 N–H and O–H groups in total. The Labute approximate surface area is 124 Å². The van der Waals surface area contributed by atoms with E-state index in [9.17, 15) is 4.79 Å². The van der Waals surface area contributed by atoms with Gasteiger partial charge in [-0.1, -0.05) is 26.7 Å². The molecule has 2 fully saturated rings. The zero-order valence-electron chi connectivity index (χ0n) is 13.3. The van der Waals surface area contributed by atoms with Gasteiger partial charge in [0.05, 0.1) is 0 Å². The zero-order chi connectivity index (χ0) is 14.4. The molecule has 1 saturated carbocycles. The van der Waals surface area contributed by atoms with Gasteiger partial charge in [0, 0.05) is 13.0 Å². The minimum atomic E-state index is 0.270. The van der Waals surface area contributed by atoms with Crippen LogP contribution in [0.2, 0.25) is 0 Å². The Morgan fingerprint density at radius 3 is 2.70 bits per heavy atom. The zero-order valence-corrected chi connectivity index (χ0v) is 13.3. The van der Waals surface area contributed by atoms with Crippen LogP contribution in [0.1, 0.15) is 65.2 Å². The van der Waals surface area contributed by atoms with Crippen molar-refractivity contribution in [2.24, 2.45) is 17.3 Å². The molecule has 3 nitrogen and oxygen atoms in total. The fourth-order valence-electron chi connectivity index (χ4n) is 4.11. The van der Waals surface area contributed by atoms with Gasteiger partial charge in [-0.15, -0.1) is 0 Å². The van der Waals surface area contributed by atoms with E-state index in [1.165, 1.54) is 38.5 Å². The van der Waals surface area contributed by atoms with Crippen LogP contribution in [0.5, 0.6) is 0 Å². The molecular formula is C17H32N2O. The van der Waals surface area contributed by atoms with Crippen LogP contribution < -0.4 is 10.6 Å². The summed E-state index contributed by atoms with van der Waals surface area (Å²) in [7, 11) is 0. The third-order valence-electron chi connectivity index (χ3n) is 5.11. The van der Waals surface area contributed by atoms with E-state index in [0.29, 0.717) is 11.8 Å². The SMILES string of the molecule is CC(C)CC1(CNC(=O)CCC2CCNC2)CCCC1. The van der Waals surface area contributed by atoms with E-state index in [-0.39, 0.29) is 5.91 Å². The number of carbonyl (C=O) groups is 1. The summed E-state index contributed by atoms with van der Waals surface area (Å²) in [6.07, 6.45) is 9.56. The van der Waals surface area contributed by atoms with E-state index in [2.05, 4.69) is 24.5 Å². The van der Waals surface area contributed by atoms with E-state index in [1.807, 2.05) is 0 Å². The molecule has 1 heterocycles. The normalized spacial score (nSPS) is 25.2. The van der Waals surface area contributed by atoms with Crippen LogP contribution in [0.4, 0.5) is 0 Å². The number of rotatable bonds is 7. The van der Waals surface area contributed by atoms with E-state index in [1.54, 1.807) is 0 Å². The number of hydrogen-bond acceptors (Lipinski definition) is 2. The summed E-state index contributed by atoms with van der Waals surface area (Å²) in [5.74, 6) is 1.72. The third kappa shape index (κ3) is 4.76. The summed E-state index contributed by atoms with van der Waals surface area (Å²) in [5.41, 5.74) is 0.402. The summed E-state index contributed by atoms with van der Waals surface area (Å²) in [5, 5.41) is 6.60. The van der Waals surface area contributed by atoms with Crippen molar-refractivity contribution in [3.63, 3.8) is 0 Å². The molecule has 0 aromatic heterocycles. The molecule has 1 unspecified atom stereocenters. The topological polar surface area (TPSA) is 41.1 Å². The van der Waals surface area contributed by atoms with Crippen LogP contribution in [0.25, 0.3) is 0 Å². The maximum absolute atomic E-state index is 12.1. The van der Waals surface area contributed by atoms with Gasteiger partial charge in [-0.05, 0) is 62.4 Å². The molecule has 0 bridgehead atoms. The van der Waals surface area contributed by atoms with E-state index < -0.39 is 0 Å². The first-order chi connectivity index (χ1) is 9.60. The standard InChI is InChI=1S/C17H32N2O/c1-14(2)11-17(8-3-4-9-17)13-19-16(20)6-5-15-7-10-18-12-15/h14-15,18H,3-13H2,1-2H3,(H,19,20). The Kier molecular flexibility index (Phi) is 5.88. The first-order valence-corrected chi connectivity index (χ1v) is 8.57. The van der Waals surface area contributed by atoms with Crippen molar-refractivity contribution in [2.75, 3.05) is 19.6 Å². The molecule has 0 spiro atoms. The van der Waals surface area contributed by atoms with E-state index >= 15 is 0 Å². The van der Waals surface area contributed by atoms with Gasteiger partial charge in [0.25, 0.3) is 0 Å². The number of amides is 1. The van der Waals surface area contributed by atoms with Gasteiger partial charge in [0.2, 0.25) is 5.91 Å². The quantitative estimate of drug-likeness (QED) is 0.752. The minimum absolute atomic E-state index is 0.270. The monoisotopic (exact) mass is 280 g/mol. The molecule has 3 heteroatoms. The summed E-state index contributed by atoms with van der Waals surface area (Å²) < 4.78 is 0. The summed E-state index contributed by atoms with van der Waals surface area (Å²) in [4.78, 5) is 12.1. The van der Waals surface area contributed by atoms with Gasteiger partial charge in [-0.2, -0.15) is 0 Å². The molecule has 1 saturated heterocycles. The second-order valence-electron chi connectivity index (χ2n) is 7.48. The first-order valence-electron chi connectivity index (χ1n) is 8.57. The molecule has 2 aliphatic rings. The smallest absolute Gasteiger partial charge is 0.220 e.